The fourth-order valence-corrected chi connectivity index (χ4v) is 3.26. The van der Waals surface area contributed by atoms with Crippen molar-refractivity contribution in [2.45, 2.75) is 0 Å². The molecule has 0 saturated carbocycles. The van der Waals surface area contributed by atoms with Gasteiger partial charge in [-0.2, -0.15) is 0 Å². The maximum Gasteiger partial charge on any atom is 0.328 e. The van der Waals surface area contributed by atoms with Crippen LogP contribution in [0.15, 0.2) is 66.1 Å². The Hall–Kier alpha value is -2.36. The quantitative estimate of drug-likeness (QED) is 0.606. The summed E-state index contributed by atoms with van der Waals surface area (Å²) in [5, 5.41) is 11.5. The van der Waals surface area contributed by atoms with Crippen LogP contribution in [0.2, 0.25) is 5.02 Å². The second-order valence-electron chi connectivity index (χ2n) is 5.00. The average molecular weight is 341 g/mol. The molecule has 114 valence electrons. The van der Waals surface area contributed by atoms with Crippen LogP contribution in [0.1, 0.15) is 5.56 Å². The SMILES string of the molecule is O=C(O)/C=C/c1ccc(-c2cc(-c3ccc(Cl)cc3)cs2)cc1. The second-order valence-corrected chi connectivity index (χ2v) is 6.35. The third-order valence-corrected chi connectivity index (χ3v) is 4.62. The summed E-state index contributed by atoms with van der Waals surface area (Å²) in [6, 6.07) is 17.8. The lowest BCUT2D eigenvalue weighted by Gasteiger charge is -1.99. The number of halogens is 1. The van der Waals surface area contributed by atoms with E-state index in [4.69, 9.17) is 16.7 Å². The van der Waals surface area contributed by atoms with Crippen molar-refractivity contribution in [1.82, 2.24) is 0 Å². The zero-order valence-corrected chi connectivity index (χ0v) is 13.6. The minimum atomic E-state index is -0.945. The molecule has 0 fully saturated rings. The van der Waals surface area contributed by atoms with E-state index in [0.29, 0.717) is 0 Å². The van der Waals surface area contributed by atoms with Crippen LogP contribution in [-0.4, -0.2) is 11.1 Å². The van der Waals surface area contributed by atoms with Crippen LogP contribution in [0.25, 0.3) is 27.6 Å². The van der Waals surface area contributed by atoms with Crippen molar-refractivity contribution in [1.29, 1.82) is 0 Å². The van der Waals surface area contributed by atoms with Gasteiger partial charge in [0.15, 0.2) is 0 Å². The molecule has 4 heteroatoms. The fraction of sp³-hybridized carbons (Fsp3) is 0. The van der Waals surface area contributed by atoms with Gasteiger partial charge in [-0.15, -0.1) is 11.3 Å². The van der Waals surface area contributed by atoms with E-state index >= 15 is 0 Å². The summed E-state index contributed by atoms with van der Waals surface area (Å²) in [5.74, 6) is -0.945. The molecule has 1 heterocycles. The van der Waals surface area contributed by atoms with Gasteiger partial charge in [0.1, 0.15) is 0 Å². The summed E-state index contributed by atoms with van der Waals surface area (Å²) < 4.78 is 0. The maximum absolute atomic E-state index is 10.5. The number of hydrogen-bond acceptors (Lipinski definition) is 2. The molecule has 3 aromatic rings. The van der Waals surface area contributed by atoms with E-state index in [9.17, 15) is 4.79 Å². The van der Waals surface area contributed by atoms with E-state index in [2.05, 4.69) is 11.4 Å². The maximum atomic E-state index is 10.5. The Bertz CT molecular complexity index is 846. The van der Waals surface area contributed by atoms with Crippen LogP contribution in [0.3, 0.4) is 0 Å². The van der Waals surface area contributed by atoms with Gasteiger partial charge in [-0.05, 0) is 51.9 Å². The van der Waals surface area contributed by atoms with E-state index in [0.717, 1.165) is 33.4 Å². The molecule has 2 nitrogen and oxygen atoms in total. The van der Waals surface area contributed by atoms with Crippen molar-refractivity contribution in [2.24, 2.45) is 0 Å². The number of thiophene rings is 1. The van der Waals surface area contributed by atoms with Gasteiger partial charge in [-0.1, -0.05) is 48.0 Å². The number of rotatable bonds is 4. The van der Waals surface area contributed by atoms with Gasteiger partial charge >= 0.3 is 5.97 Å². The Morgan fingerprint density at radius 1 is 0.957 bits per heavy atom. The van der Waals surface area contributed by atoms with Crippen LogP contribution >= 0.6 is 22.9 Å². The third-order valence-electron chi connectivity index (χ3n) is 3.39. The third kappa shape index (κ3) is 3.89. The molecule has 0 aliphatic carbocycles. The monoisotopic (exact) mass is 340 g/mol. The lowest BCUT2D eigenvalue weighted by Crippen LogP contribution is -1.85. The van der Waals surface area contributed by atoms with Crippen LogP contribution in [0.4, 0.5) is 0 Å². The highest BCUT2D eigenvalue weighted by Crippen LogP contribution is 2.33. The zero-order valence-electron chi connectivity index (χ0n) is 12.1. The highest BCUT2D eigenvalue weighted by Gasteiger charge is 2.05. The van der Waals surface area contributed by atoms with Gasteiger partial charge < -0.3 is 5.11 Å². The summed E-state index contributed by atoms with van der Waals surface area (Å²) in [4.78, 5) is 11.7. The molecular formula is C19H13ClO2S. The first-order valence-corrected chi connectivity index (χ1v) is 8.23. The van der Waals surface area contributed by atoms with Crippen molar-refractivity contribution >= 4 is 35.0 Å². The number of aliphatic carboxylic acids is 1. The van der Waals surface area contributed by atoms with Crippen LogP contribution in [0, 0.1) is 0 Å². The topological polar surface area (TPSA) is 37.3 Å². The van der Waals surface area contributed by atoms with E-state index in [1.807, 2.05) is 48.5 Å². The van der Waals surface area contributed by atoms with Crippen LogP contribution in [-0.2, 0) is 4.79 Å². The van der Waals surface area contributed by atoms with Crippen molar-refractivity contribution in [2.75, 3.05) is 0 Å². The summed E-state index contributed by atoms with van der Waals surface area (Å²) in [5.41, 5.74) is 4.28. The molecule has 3 rings (SSSR count). The van der Waals surface area contributed by atoms with Gasteiger partial charge in [-0.25, -0.2) is 4.79 Å². The van der Waals surface area contributed by atoms with Gasteiger partial charge in [0, 0.05) is 16.0 Å². The Balaban J connectivity index is 1.82. The van der Waals surface area contributed by atoms with Gasteiger partial charge in [-0.3, -0.25) is 0 Å². The van der Waals surface area contributed by atoms with Crippen molar-refractivity contribution in [3.63, 3.8) is 0 Å². The second kappa shape index (κ2) is 6.82. The van der Waals surface area contributed by atoms with E-state index < -0.39 is 5.97 Å². The predicted molar refractivity (Wildman–Crippen MR) is 96.9 cm³/mol. The fourth-order valence-electron chi connectivity index (χ4n) is 2.21. The van der Waals surface area contributed by atoms with Crippen molar-refractivity contribution < 1.29 is 9.90 Å². The molecule has 0 atom stereocenters. The number of carboxylic acids is 1. The van der Waals surface area contributed by atoms with Crippen LogP contribution < -0.4 is 0 Å². The molecule has 0 radical (unpaired) electrons. The standard InChI is InChI=1S/C19H13ClO2S/c20-17-8-6-14(7-9-17)16-11-18(23-12-16)15-4-1-13(2-5-15)3-10-19(21)22/h1-12H,(H,21,22)/b10-3+. The highest BCUT2D eigenvalue weighted by atomic mass is 35.5. The first-order valence-electron chi connectivity index (χ1n) is 6.98. The molecule has 23 heavy (non-hydrogen) atoms. The number of carboxylic acid groups (broad SMARTS) is 1. The molecule has 0 amide bonds. The zero-order chi connectivity index (χ0) is 16.2. The summed E-state index contributed by atoms with van der Waals surface area (Å²) >= 11 is 7.60. The molecule has 2 aromatic carbocycles. The summed E-state index contributed by atoms with van der Waals surface area (Å²) in [7, 11) is 0. The first kappa shape index (κ1) is 15.5. The van der Waals surface area contributed by atoms with Crippen LogP contribution in [0.5, 0.6) is 0 Å². The summed E-state index contributed by atoms with van der Waals surface area (Å²) in [6.07, 6.45) is 2.72. The lowest BCUT2D eigenvalue weighted by molar-refractivity contribution is -0.131. The average Bonchev–Trinajstić information content (AvgIpc) is 3.04. The molecule has 0 saturated heterocycles. The highest BCUT2D eigenvalue weighted by molar-refractivity contribution is 7.14. The van der Waals surface area contributed by atoms with Crippen molar-refractivity contribution in [3.05, 3.63) is 76.6 Å². The molecule has 0 unspecified atom stereocenters. The lowest BCUT2D eigenvalue weighted by atomic mass is 10.1. The Morgan fingerprint density at radius 2 is 1.61 bits per heavy atom. The molecular weight excluding hydrogens is 328 g/mol. The normalized spacial score (nSPS) is 11.0. The molecule has 0 aliphatic rings. The number of carbonyl (C=O) groups is 1. The van der Waals surface area contributed by atoms with E-state index in [1.165, 1.54) is 4.88 Å². The van der Waals surface area contributed by atoms with Gasteiger partial charge in [0.25, 0.3) is 0 Å². The molecule has 1 aromatic heterocycles. The number of hydrogen-bond donors (Lipinski definition) is 1. The Labute approximate surface area is 143 Å². The van der Waals surface area contributed by atoms with E-state index in [-0.39, 0.29) is 0 Å². The van der Waals surface area contributed by atoms with Gasteiger partial charge in [0.2, 0.25) is 0 Å². The van der Waals surface area contributed by atoms with Crippen molar-refractivity contribution in [3.8, 4) is 21.6 Å². The molecule has 0 bridgehead atoms. The minimum Gasteiger partial charge on any atom is -0.478 e. The number of benzene rings is 2. The summed E-state index contributed by atoms with van der Waals surface area (Å²) in [6.45, 7) is 0. The largest absolute Gasteiger partial charge is 0.478 e. The minimum absolute atomic E-state index is 0.731. The Morgan fingerprint density at radius 3 is 2.26 bits per heavy atom. The predicted octanol–water partition coefficient (Wildman–Crippen LogP) is 5.83. The smallest absolute Gasteiger partial charge is 0.328 e. The Kier molecular flexibility index (Phi) is 4.60. The molecule has 0 aliphatic heterocycles. The molecule has 1 N–H and O–H groups in total. The van der Waals surface area contributed by atoms with E-state index in [1.54, 1.807) is 17.4 Å². The van der Waals surface area contributed by atoms with Gasteiger partial charge in [0.05, 0.1) is 0 Å². The first-order chi connectivity index (χ1) is 11.1. The molecule has 0 spiro atoms.